The Labute approximate surface area is 125 Å². The minimum Gasteiger partial charge on any atom is -0.397 e. The number of nitrogens with one attached hydrogen (secondary N) is 1. The van der Waals surface area contributed by atoms with Crippen molar-refractivity contribution in [1.29, 1.82) is 0 Å². The van der Waals surface area contributed by atoms with Crippen LogP contribution in [0.3, 0.4) is 0 Å². The van der Waals surface area contributed by atoms with Crippen molar-refractivity contribution in [2.75, 3.05) is 35.0 Å². The van der Waals surface area contributed by atoms with Crippen LogP contribution < -0.4 is 16.0 Å². The van der Waals surface area contributed by atoms with Gasteiger partial charge in [-0.15, -0.1) is 0 Å². The predicted molar refractivity (Wildman–Crippen MR) is 88.7 cm³/mol. The Morgan fingerprint density at radius 1 is 1.45 bits per heavy atom. The number of nitrogens with two attached hydrogens (primary N) is 1. The van der Waals surface area contributed by atoms with Crippen LogP contribution in [0.1, 0.15) is 25.3 Å². The first-order valence-electron chi connectivity index (χ1n) is 6.97. The number of anilines is 3. The van der Waals surface area contributed by atoms with E-state index in [-0.39, 0.29) is 5.91 Å². The second-order valence-electron chi connectivity index (χ2n) is 5.36. The Morgan fingerprint density at radius 2 is 2.20 bits per heavy atom. The highest BCUT2D eigenvalue weighted by atomic mass is 32.2. The number of thioether (sulfide) groups is 1. The molecule has 1 heterocycles. The monoisotopic (exact) mass is 293 g/mol. The quantitative estimate of drug-likeness (QED) is 0.820. The molecule has 110 valence electrons. The number of nitrogens with zero attached hydrogens (tertiary/aromatic N) is 1. The molecule has 0 saturated heterocycles. The second-order valence-corrected chi connectivity index (χ2v) is 6.34. The summed E-state index contributed by atoms with van der Waals surface area (Å²) in [5, 5.41) is 2.94. The molecule has 2 rings (SSSR count). The molecule has 1 aromatic carbocycles. The van der Waals surface area contributed by atoms with E-state index in [0.717, 1.165) is 41.2 Å². The Morgan fingerprint density at radius 3 is 2.90 bits per heavy atom. The van der Waals surface area contributed by atoms with Gasteiger partial charge in [-0.05, 0) is 49.5 Å². The lowest BCUT2D eigenvalue weighted by Crippen LogP contribution is -2.30. The van der Waals surface area contributed by atoms with Gasteiger partial charge in [-0.25, -0.2) is 0 Å². The fourth-order valence-electron chi connectivity index (χ4n) is 2.46. The molecule has 0 aliphatic carbocycles. The second kappa shape index (κ2) is 6.39. The van der Waals surface area contributed by atoms with Crippen LogP contribution in [0.2, 0.25) is 0 Å². The highest BCUT2D eigenvalue weighted by Crippen LogP contribution is 2.33. The fourth-order valence-corrected chi connectivity index (χ4v) is 3.04. The molecule has 20 heavy (non-hydrogen) atoms. The molecular weight excluding hydrogens is 270 g/mol. The van der Waals surface area contributed by atoms with E-state index in [0.29, 0.717) is 12.5 Å². The Balaban J connectivity index is 2.23. The number of aryl methyl sites for hydroxylation is 1. The van der Waals surface area contributed by atoms with Gasteiger partial charge in [0.2, 0.25) is 5.91 Å². The number of fused-ring (bicyclic) bond motifs is 1. The largest absolute Gasteiger partial charge is 0.397 e. The molecule has 1 unspecified atom stereocenters. The van der Waals surface area contributed by atoms with E-state index in [2.05, 4.69) is 30.4 Å². The van der Waals surface area contributed by atoms with Gasteiger partial charge in [-0.3, -0.25) is 4.79 Å². The van der Waals surface area contributed by atoms with Crippen molar-refractivity contribution in [3.8, 4) is 0 Å². The maximum Gasteiger partial charge on any atom is 0.224 e. The van der Waals surface area contributed by atoms with Crippen LogP contribution in [0.25, 0.3) is 0 Å². The minimum absolute atomic E-state index is 0.0892. The van der Waals surface area contributed by atoms with Gasteiger partial charge in [0.25, 0.3) is 0 Å². The standard InChI is InChI=1S/C15H23N3OS/c1-10(6-7-20-3)18(2)14-9-13-11(8-12(14)16)4-5-15(19)17-13/h8-10H,4-7,16H2,1-3H3,(H,17,19). The summed E-state index contributed by atoms with van der Waals surface area (Å²) < 4.78 is 0. The highest BCUT2D eigenvalue weighted by Gasteiger charge is 2.19. The lowest BCUT2D eigenvalue weighted by atomic mass is 10.0. The van der Waals surface area contributed by atoms with E-state index < -0.39 is 0 Å². The van der Waals surface area contributed by atoms with E-state index in [4.69, 9.17) is 5.73 Å². The van der Waals surface area contributed by atoms with Crippen LogP contribution in [0.4, 0.5) is 17.1 Å². The first-order chi connectivity index (χ1) is 9.52. The molecule has 0 saturated carbocycles. The van der Waals surface area contributed by atoms with Crippen molar-refractivity contribution in [2.45, 2.75) is 32.2 Å². The lowest BCUT2D eigenvalue weighted by molar-refractivity contribution is -0.116. The summed E-state index contributed by atoms with van der Waals surface area (Å²) in [5.74, 6) is 1.22. The van der Waals surface area contributed by atoms with Gasteiger partial charge in [0.1, 0.15) is 0 Å². The van der Waals surface area contributed by atoms with Crippen LogP contribution in [0.5, 0.6) is 0 Å². The zero-order valence-corrected chi connectivity index (χ0v) is 13.2. The summed E-state index contributed by atoms with van der Waals surface area (Å²) >= 11 is 1.85. The maximum atomic E-state index is 11.5. The summed E-state index contributed by atoms with van der Waals surface area (Å²) in [6.07, 6.45) is 4.55. The Bertz CT molecular complexity index is 504. The van der Waals surface area contributed by atoms with E-state index in [1.54, 1.807) is 0 Å². The van der Waals surface area contributed by atoms with Gasteiger partial charge in [0, 0.05) is 25.2 Å². The maximum absolute atomic E-state index is 11.5. The molecule has 1 aliphatic rings. The number of rotatable bonds is 5. The fraction of sp³-hybridized carbons (Fsp3) is 0.533. The molecule has 1 aromatic rings. The molecule has 5 heteroatoms. The molecule has 0 radical (unpaired) electrons. The van der Waals surface area contributed by atoms with Crippen LogP contribution >= 0.6 is 11.8 Å². The van der Waals surface area contributed by atoms with Gasteiger partial charge in [-0.1, -0.05) is 0 Å². The van der Waals surface area contributed by atoms with Gasteiger partial charge in [0.15, 0.2) is 0 Å². The van der Waals surface area contributed by atoms with E-state index in [9.17, 15) is 4.79 Å². The summed E-state index contributed by atoms with van der Waals surface area (Å²) in [7, 11) is 2.06. The first-order valence-corrected chi connectivity index (χ1v) is 8.36. The molecule has 1 atom stereocenters. The number of carbonyl (C=O) groups is 1. The average molecular weight is 293 g/mol. The van der Waals surface area contributed by atoms with Crippen molar-refractivity contribution < 1.29 is 4.79 Å². The molecule has 1 amide bonds. The van der Waals surface area contributed by atoms with Gasteiger partial charge >= 0.3 is 0 Å². The van der Waals surface area contributed by atoms with Crippen molar-refractivity contribution in [1.82, 2.24) is 0 Å². The molecule has 1 aliphatic heterocycles. The molecule has 0 fully saturated rings. The average Bonchev–Trinajstić information content (AvgIpc) is 2.43. The zero-order valence-electron chi connectivity index (χ0n) is 12.4. The third-order valence-corrected chi connectivity index (χ3v) is 4.57. The summed E-state index contributed by atoms with van der Waals surface area (Å²) in [4.78, 5) is 13.7. The molecule has 0 aromatic heterocycles. The van der Waals surface area contributed by atoms with Crippen molar-refractivity contribution in [2.24, 2.45) is 0 Å². The summed E-state index contributed by atoms with van der Waals surface area (Å²) in [5.41, 5.74) is 10.0. The van der Waals surface area contributed by atoms with Crippen LogP contribution in [0, 0.1) is 0 Å². The Kier molecular flexibility index (Phi) is 4.81. The summed E-state index contributed by atoms with van der Waals surface area (Å²) in [6.45, 7) is 2.20. The lowest BCUT2D eigenvalue weighted by Gasteiger charge is -2.30. The van der Waals surface area contributed by atoms with E-state index >= 15 is 0 Å². The predicted octanol–water partition coefficient (Wildman–Crippen LogP) is 2.73. The number of amides is 1. The molecular formula is C15H23N3OS. The van der Waals surface area contributed by atoms with Crippen LogP contribution in [-0.4, -0.2) is 31.0 Å². The topological polar surface area (TPSA) is 58.4 Å². The van der Waals surface area contributed by atoms with Gasteiger partial charge in [0.05, 0.1) is 11.4 Å². The SMILES string of the molecule is CSCCC(C)N(C)c1cc2c(cc1N)CCC(=O)N2. The highest BCUT2D eigenvalue weighted by molar-refractivity contribution is 7.98. The van der Waals surface area contributed by atoms with Crippen molar-refractivity contribution in [3.05, 3.63) is 17.7 Å². The molecule has 0 bridgehead atoms. The smallest absolute Gasteiger partial charge is 0.224 e. The van der Waals surface area contributed by atoms with Crippen LogP contribution in [-0.2, 0) is 11.2 Å². The van der Waals surface area contributed by atoms with Crippen LogP contribution in [0.15, 0.2) is 12.1 Å². The molecule has 3 N–H and O–H groups in total. The zero-order chi connectivity index (χ0) is 14.7. The number of hydrogen-bond acceptors (Lipinski definition) is 4. The Hall–Kier alpha value is -1.36. The summed E-state index contributed by atoms with van der Waals surface area (Å²) in [6, 6.07) is 4.43. The number of benzene rings is 1. The third kappa shape index (κ3) is 3.20. The van der Waals surface area contributed by atoms with Crippen molar-refractivity contribution in [3.63, 3.8) is 0 Å². The first kappa shape index (κ1) is 15.0. The van der Waals surface area contributed by atoms with Gasteiger partial charge < -0.3 is 16.0 Å². The third-order valence-electron chi connectivity index (χ3n) is 3.93. The molecule has 0 spiro atoms. The minimum atomic E-state index is 0.0892. The number of hydrogen-bond donors (Lipinski definition) is 2. The van der Waals surface area contributed by atoms with E-state index in [1.165, 1.54) is 0 Å². The normalized spacial score (nSPS) is 15.4. The van der Waals surface area contributed by atoms with Gasteiger partial charge in [-0.2, -0.15) is 11.8 Å². The van der Waals surface area contributed by atoms with Crippen molar-refractivity contribution >= 4 is 34.7 Å². The number of carbonyl (C=O) groups excluding carboxylic acids is 1. The van der Waals surface area contributed by atoms with E-state index in [1.807, 2.05) is 23.9 Å². The number of nitrogen functional groups attached to an aromatic ring is 1. The molecule has 4 nitrogen and oxygen atoms in total.